The summed E-state index contributed by atoms with van der Waals surface area (Å²) in [5.41, 5.74) is 0.990. The minimum Gasteiger partial charge on any atom is -0.349 e. The second-order valence-corrected chi connectivity index (χ2v) is 7.25. The van der Waals surface area contributed by atoms with E-state index in [4.69, 9.17) is 11.6 Å². The Morgan fingerprint density at radius 3 is 2.58 bits per heavy atom. The summed E-state index contributed by atoms with van der Waals surface area (Å²) in [6.45, 7) is -0.0616. The summed E-state index contributed by atoms with van der Waals surface area (Å²) in [7, 11) is -2.09. The summed E-state index contributed by atoms with van der Waals surface area (Å²) in [5.74, 6) is -0.0741. The molecule has 0 bridgehead atoms. The Morgan fingerprint density at radius 2 is 1.83 bits per heavy atom. The Morgan fingerprint density at radius 1 is 1.17 bits per heavy atom. The van der Waals surface area contributed by atoms with E-state index in [1.165, 1.54) is 11.0 Å². The van der Waals surface area contributed by atoms with Crippen molar-refractivity contribution in [1.29, 1.82) is 0 Å². The predicted octanol–water partition coefficient (Wildman–Crippen LogP) is 2.36. The Bertz CT molecular complexity index is 941. The molecule has 0 spiro atoms. The monoisotopic (exact) mass is 363 g/mol. The van der Waals surface area contributed by atoms with E-state index in [0.717, 1.165) is 0 Å². The molecule has 0 aromatic heterocycles. The number of fused-ring (bicyclic) bond motifs is 1. The third-order valence-electron chi connectivity index (χ3n) is 3.50. The molecule has 1 heterocycles. The van der Waals surface area contributed by atoms with Gasteiger partial charge in [-0.15, -0.1) is 4.40 Å². The van der Waals surface area contributed by atoms with Crippen molar-refractivity contribution < 1.29 is 13.2 Å². The van der Waals surface area contributed by atoms with Crippen LogP contribution in [0.15, 0.2) is 57.8 Å². The zero-order valence-corrected chi connectivity index (χ0v) is 14.3. The molecular formula is C16H14ClN3O3S. The second-order valence-electron chi connectivity index (χ2n) is 5.27. The lowest BCUT2D eigenvalue weighted by Gasteiger charge is -2.18. The van der Waals surface area contributed by atoms with Crippen LogP contribution in [0.3, 0.4) is 0 Å². The highest BCUT2D eigenvalue weighted by Crippen LogP contribution is 2.27. The number of benzene rings is 2. The third-order valence-corrected chi connectivity index (χ3v) is 5.16. The lowest BCUT2D eigenvalue weighted by atomic mass is 10.2. The van der Waals surface area contributed by atoms with Crippen LogP contribution in [0.2, 0.25) is 5.02 Å². The summed E-state index contributed by atoms with van der Waals surface area (Å²) < 4.78 is 27.9. The first-order valence-electron chi connectivity index (χ1n) is 7.08. The highest BCUT2D eigenvalue weighted by molar-refractivity contribution is 7.90. The molecule has 1 aliphatic heterocycles. The van der Waals surface area contributed by atoms with Gasteiger partial charge in [-0.2, -0.15) is 8.42 Å². The number of sulfonamides is 1. The number of anilines is 1. The average Bonchev–Trinajstić information content (AvgIpc) is 2.82. The van der Waals surface area contributed by atoms with Gasteiger partial charge in [0.15, 0.2) is 5.84 Å². The standard InChI is InChI=1S/C16H14ClN3O3S/c1-20(10-15(21)18-13-8-4-3-7-12(13)17)16-11-6-2-5-9-14(11)24(22,23)19-16/h2-9H,10H2,1H3,(H,18,21). The molecule has 0 unspecified atom stereocenters. The maximum absolute atomic E-state index is 12.2. The van der Waals surface area contributed by atoms with Crippen molar-refractivity contribution in [2.24, 2.45) is 4.40 Å². The van der Waals surface area contributed by atoms with Gasteiger partial charge in [0.1, 0.15) is 4.90 Å². The van der Waals surface area contributed by atoms with Crippen LogP contribution in [0, 0.1) is 0 Å². The molecule has 2 aromatic rings. The molecule has 0 radical (unpaired) electrons. The molecule has 3 rings (SSSR count). The lowest BCUT2D eigenvalue weighted by molar-refractivity contribution is -0.116. The number of halogens is 1. The Kier molecular flexibility index (Phi) is 4.29. The fourth-order valence-electron chi connectivity index (χ4n) is 2.41. The maximum Gasteiger partial charge on any atom is 0.285 e. The minimum absolute atomic E-state index is 0.0616. The molecule has 1 N–H and O–H groups in total. The number of rotatable bonds is 3. The van der Waals surface area contributed by atoms with Crippen molar-refractivity contribution in [3.8, 4) is 0 Å². The number of hydrogen-bond acceptors (Lipinski definition) is 4. The van der Waals surface area contributed by atoms with Crippen molar-refractivity contribution in [1.82, 2.24) is 4.90 Å². The summed E-state index contributed by atoms with van der Waals surface area (Å²) in [5, 5.41) is 3.12. The van der Waals surface area contributed by atoms with E-state index < -0.39 is 10.0 Å². The van der Waals surface area contributed by atoms with Crippen molar-refractivity contribution in [2.45, 2.75) is 4.90 Å². The van der Waals surface area contributed by atoms with Crippen LogP contribution in [0.1, 0.15) is 5.56 Å². The van der Waals surface area contributed by atoms with Gasteiger partial charge < -0.3 is 10.2 Å². The zero-order valence-electron chi connectivity index (χ0n) is 12.7. The highest BCUT2D eigenvalue weighted by Gasteiger charge is 2.30. The lowest BCUT2D eigenvalue weighted by Crippen LogP contribution is -2.34. The van der Waals surface area contributed by atoms with Crippen LogP contribution in [-0.2, 0) is 14.8 Å². The van der Waals surface area contributed by atoms with Gasteiger partial charge >= 0.3 is 0 Å². The first kappa shape index (κ1) is 16.5. The van der Waals surface area contributed by atoms with Crippen LogP contribution in [-0.4, -0.2) is 38.7 Å². The van der Waals surface area contributed by atoms with Gasteiger partial charge in [-0.25, -0.2) is 0 Å². The quantitative estimate of drug-likeness (QED) is 0.907. The van der Waals surface area contributed by atoms with Crippen LogP contribution >= 0.6 is 11.6 Å². The number of nitrogens with one attached hydrogen (secondary N) is 1. The van der Waals surface area contributed by atoms with Crippen molar-refractivity contribution in [3.05, 3.63) is 59.1 Å². The molecule has 0 aliphatic carbocycles. The Labute approximate surface area is 144 Å². The van der Waals surface area contributed by atoms with Crippen LogP contribution in [0.25, 0.3) is 0 Å². The molecule has 24 heavy (non-hydrogen) atoms. The largest absolute Gasteiger partial charge is 0.349 e. The molecule has 2 aromatic carbocycles. The van der Waals surface area contributed by atoms with Gasteiger partial charge in [0, 0.05) is 12.6 Å². The van der Waals surface area contributed by atoms with E-state index in [-0.39, 0.29) is 23.2 Å². The molecule has 0 saturated carbocycles. The summed E-state index contributed by atoms with van der Waals surface area (Å²) >= 11 is 6.00. The third kappa shape index (κ3) is 3.13. The van der Waals surface area contributed by atoms with Gasteiger partial charge in [0.05, 0.1) is 17.3 Å². The smallest absolute Gasteiger partial charge is 0.285 e. The van der Waals surface area contributed by atoms with E-state index in [1.807, 2.05) is 0 Å². The van der Waals surface area contributed by atoms with E-state index >= 15 is 0 Å². The average molecular weight is 364 g/mol. The number of carbonyl (C=O) groups excluding carboxylic acids is 1. The van der Waals surface area contributed by atoms with Crippen molar-refractivity contribution in [3.63, 3.8) is 0 Å². The van der Waals surface area contributed by atoms with E-state index in [9.17, 15) is 13.2 Å². The van der Waals surface area contributed by atoms with Crippen LogP contribution in [0.4, 0.5) is 5.69 Å². The number of amidine groups is 1. The van der Waals surface area contributed by atoms with Crippen molar-refractivity contribution in [2.75, 3.05) is 18.9 Å². The van der Waals surface area contributed by atoms with Gasteiger partial charge in [0.2, 0.25) is 5.91 Å². The Balaban J connectivity index is 1.78. The molecule has 0 atom stereocenters. The predicted molar refractivity (Wildman–Crippen MR) is 92.9 cm³/mol. The SMILES string of the molecule is CN(CC(=O)Nc1ccccc1Cl)C1=NS(=O)(=O)c2ccccc21. The topological polar surface area (TPSA) is 78.8 Å². The van der Waals surface area contributed by atoms with Gasteiger partial charge in [0.25, 0.3) is 10.0 Å². The zero-order chi connectivity index (χ0) is 17.3. The van der Waals surface area contributed by atoms with Crippen LogP contribution in [0.5, 0.6) is 0 Å². The number of likely N-dealkylation sites (N-methyl/N-ethyl adjacent to an activating group) is 1. The minimum atomic E-state index is -3.71. The second kappa shape index (κ2) is 6.26. The highest BCUT2D eigenvalue weighted by atomic mass is 35.5. The molecule has 0 fully saturated rings. The van der Waals surface area contributed by atoms with Gasteiger partial charge in [-0.05, 0) is 24.3 Å². The number of para-hydroxylation sites is 1. The van der Waals surface area contributed by atoms with Crippen molar-refractivity contribution >= 4 is 39.1 Å². The summed E-state index contributed by atoms with van der Waals surface area (Å²) in [6, 6.07) is 13.4. The molecule has 8 heteroatoms. The maximum atomic E-state index is 12.2. The normalized spacial score (nSPS) is 14.7. The van der Waals surface area contributed by atoms with Crippen LogP contribution < -0.4 is 5.32 Å². The number of amides is 1. The van der Waals surface area contributed by atoms with E-state index in [2.05, 4.69) is 9.71 Å². The molecule has 6 nitrogen and oxygen atoms in total. The number of hydrogen-bond donors (Lipinski definition) is 1. The van der Waals surface area contributed by atoms with Gasteiger partial charge in [-0.3, -0.25) is 4.79 Å². The van der Waals surface area contributed by atoms with Gasteiger partial charge in [-0.1, -0.05) is 35.9 Å². The van der Waals surface area contributed by atoms with E-state index in [0.29, 0.717) is 16.3 Å². The molecular weight excluding hydrogens is 350 g/mol. The summed E-state index contributed by atoms with van der Waals surface area (Å²) in [4.78, 5) is 13.8. The number of nitrogens with zero attached hydrogens (tertiary/aromatic N) is 2. The first-order valence-corrected chi connectivity index (χ1v) is 8.90. The fourth-order valence-corrected chi connectivity index (χ4v) is 3.84. The first-order chi connectivity index (χ1) is 11.4. The molecule has 1 aliphatic rings. The fraction of sp³-hybridized carbons (Fsp3) is 0.125. The Hall–Kier alpha value is -2.38. The molecule has 0 saturated heterocycles. The molecule has 1 amide bonds. The van der Waals surface area contributed by atoms with E-state index in [1.54, 1.807) is 49.5 Å². The molecule has 124 valence electrons. The number of carbonyl (C=O) groups is 1. The summed E-state index contributed by atoms with van der Waals surface area (Å²) in [6.07, 6.45) is 0.